The van der Waals surface area contributed by atoms with Crippen LogP contribution in [0.25, 0.3) is 6.08 Å². The average Bonchev–Trinajstić information content (AvgIpc) is 3.18. The highest BCUT2D eigenvalue weighted by Gasteiger charge is 2.13. The van der Waals surface area contributed by atoms with Gasteiger partial charge < -0.3 is 29.0 Å². The van der Waals surface area contributed by atoms with Crippen LogP contribution in [-0.2, 0) is 4.79 Å². The highest BCUT2D eigenvalue weighted by atomic mass is 16.7. The standard InChI is InChI=1S/C22H25NO6/c1-15(2)29-19-7-4-16(12-20(19)25-3)5-9-22(24)23-10-11-26-17-6-8-18-21(13-17)28-14-27-18/h4-9,12-13,15H,10-11,14H2,1-3H3,(H,23,24). The molecule has 1 aliphatic rings. The second kappa shape index (κ2) is 9.73. The highest BCUT2D eigenvalue weighted by Crippen LogP contribution is 2.35. The van der Waals surface area contributed by atoms with Gasteiger partial charge >= 0.3 is 0 Å². The van der Waals surface area contributed by atoms with Crippen molar-refractivity contribution in [3.8, 4) is 28.7 Å². The van der Waals surface area contributed by atoms with E-state index in [1.165, 1.54) is 6.08 Å². The van der Waals surface area contributed by atoms with E-state index in [0.717, 1.165) is 5.56 Å². The van der Waals surface area contributed by atoms with E-state index in [1.54, 1.807) is 31.4 Å². The number of nitrogens with one attached hydrogen (secondary N) is 1. The number of hydrogen-bond acceptors (Lipinski definition) is 6. The lowest BCUT2D eigenvalue weighted by atomic mass is 10.2. The molecule has 0 bridgehead atoms. The van der Waals surface area contributed by atoms with Crippen LogP contribution in [0.2, 0.25) is 0 Å². The van der Waals surface area contributed by atoms with E-state index in [0.29, 0.717) is 41.9 Å². The summed E-state index contributed by atoms with van der Waals surface area (Å²) in [6.07, 6.45) is 3.24. The van der Waals surface area contributed by atoms with Crippen LogP contribution in [-0.4, -0.2) is 39.1 Å². The first-order chi connectivity index (χ1) is 14.0. The lowest BCUT2D eigenvalue weighted by Crippen LogP contribution is -2.26. The third-order valence-corrected chi connectivity index (χ3v) is 3.99. The molecule has 1 heterocycles. The maximum Gasteiger partial charge on any atom is 0.244 e. The van der Waals surface area contributed by atoms with Crippen LogP contribution in [0.15, 0.2) is 42.5 Å². The fraction of sp³-hybridized carbons (Fsp3) is 0.318. The van der Waals surface area contributed by atoms with Gasteiger partial charge in [-0.3, -0.25) is 4.79 Å². The molecule has 0 radical (unpaired) electrons. The molecule has 7 heteroatoms. The first kappa shape index (κ1) is 20.4. The molecule has 0 fully saturated rings. The first-order valence-corrected chi connectivity index (χ1v) is 9.38. The van der Waals surface area contributed by atoms with Gasteiger partial charge in [0.2, 0.25) is 12.7 Å². The zero-order chi connectivity index (χ0) is 20.6. The van der Waals surface area contributed by atoms with Crippen molar-refractivity contribution in [1.82, 2.24) is 5.32 Å². The largest absolute Gasteiger partial charge is 0.493 e. The van der Waals surface area contributed by atoms with Crippen molar-refractivity contribution in [2.75, 3.05) is 27.1 Å². The molecule has 1 aliphatic heterocycles. The zero-order valence-electron chi connectivity index (χ0n) is 16.8. The molecule has 154 valence electrons. The van der Waals surface area contributed by atoms with Gasteiger partial charge in [-0.15, -0.1) is 0 Å². The first-order valence-electron chi connectivity index (χ1n) is 9.38. The van der Waals surface area contributed by atoms with E-state index in [-0.39, 0.29) is 18.8 Å². The minimum atomic E-state index is -0.208. The molecule has 0 saturated heterocycles. The number of methoxy groups -OCH3 is 1. The summed E-state index contributed by atoms with van der Waals surface area (Å²) in [5.74, 6) is 3.12. The lowest BCUT2D eigenvalue weighted by molar-refractivity contribution is -0.116. The number of benzene rings is 2. The monoisotopic (exact) mass is 399 g/mol. The topological polar surface area (TPSA) is 75.3 Å². The summed E-state index contributed by atoms with van der Waals surface area (Å²) in [6.45, 7) is 4.85. The van der Waals surface area contributed by atoms with Crippen LogP contribution in [0.3, 0.4) is 0 Å². The molecule has 0 aliphatic carbocycles. The van der Waals surface area contributed by atoms with Crippen molar-refractivity contribution in [3.05, 3.63) is 48.0 Å². The van der Waals surface area contributed by atoms with E-state index in [2.05, 4.69) is 5.32 Å². The molecular weight excluding hydrogens is 374 g/mol. The summed E-state index contributed by atoms with van der Waals surface area (Å²) < 4.78 is 27.2. The predicted octanol–water partition coefficient (Wildman–Crippen LogP) is 3.42. The van der Waals surface area contributed by atoms with Gasteiger partial charge in [-0.1, -0.05) is 6.07 Å². The average molecular weight is 399 g/mol. The van der Waals surface area contributed by atoms with Crippen molar-refractivity contribution in [3.63, 3.8) is 0 Å². The van der Waals surface area contributed by atoms with Gasteiger partial charge in [0, 0.05) is 12.1 Å². The molecule has 0 saturated carbocycles. The van der Waals surface area contributed by atoms with Crippen LogP contribution in [0.5, 0.6) is 28.7 Å². The molecule has 3 rings (SSSR count). The second-order valence-electron chi connectivity index (χ2n) is 6.56. The summed E-state index contributed by atoms with van der Waals surface area (Å²) in [4.78, 5) is 12.0. The molecule has 2 aromatic rings. The maximum atomic E-state index is 12.0. The Bertz CT molecular complexity index is 878. The van der Waals surface area contributed by atoms with Crippen molar-refractivity contribution in [2.24, 2.45) is 0 Å². The van der Waals surface area contributed by atoms with Crippen molar-refractivity contribution in [2.45, 2.75) is 20.0 Å². The number of carbonyl (C=O) groups is 1. The van der Waals surface area contributed by atoms with Crippen LogP contribution >= 0.6 is 0 Å². The number of hydrogen-bond donors (Lipinski definition) is 1. The summed E-state index contributed by atoms with van der Waals surface area (Å²) in [5, 5.41) is 2.78. The van der Waals surface area contributed by atoms with Gasteiger partial charge in [0.25, 0.3) is 0 Å². The minimum absolute atomic E-state index is 0.0518. The van der Waals surface area contributed by atoms with Gasteiger partial charge in [-0.2, -0.15) is 0 Å². The fourth-order valence-electron chi connectivity index (χ4n) is 2.68. The molecule has 0 atom stereocenters. The van der Waals surface area contributed by atoms with E-state index >= 15 is 0 Å². The predicted molar refractivity (Wildman–Crippen MR) is 109 cm³/mol. The van der Waals surface area contributed by atoms with Crippen LogP contribution in [0.4, 0.5) is 0 Å². The molecule has 2 aromatic carbocycles. The van der Waals surface area contributed by atoms with Gasteiger partial charge in [-0.25, -0.2) is 0 Å². The third-order valence-electron chi connectivity index (χ3n) is 3.99. The molecular formula is C22H25NO6. The second-order valence-corrected chi connectivity index (χ2v) is 6.56. The Labute approximate surface area is 170 Å². The summed E-state index contributed by atoms with van der Waals surface area (Å²) in [5.41, 5.74) is 0.838. The van der Waals surface area contributed by atoms with Crippen LogP contribution in [0.1, 0.15) is 19.4 Å². The lowest BCUT2D eigenvalue weighted by Gasteiger charge is -2.13. The Balaban J connectivity index is 1.44. The van der Waals surface area contributed by atoms with Crippen molar-refractivity contribution >= 4 is 12.0 Å². The minimum Gasteiger partial charge on any atom is -0.493 e. The van der Waals surface area contributed by atoms with Gasteiger partial charge in [0.1, 0.15) is 12.4 Å². The smallest absolute Gasteiger partial charge is 0.244 e. The summed E-state index contributed by atoms with van der Waals surface area (Å²) >= 11 is 0. The quantitative estimate of drug-likeness (QED) is 0.514. The van der Waals surface area contributed by atoms with E-state index in [9.17, 15) is 4.79 Å². The number of rotatable bonds is 9. The molecule has 7 nitrogen and oxygen atoms in total. The molecule has 0 spiro atoms. The molecule has 0 aromatic heterocycles. The molecule has 1 N–H and O–H groups in total. The molecule has 0 unspecified atom stereocenters. The van der Waals surface area contributed by atoms with E-state index in [4.69, 9.17) is 23.7 Å². The maximum absolute atomic E-state index is 12.0. The summed E-state index contributed by atoms with van der Waals surface area (Å²) in [7, 11) is 1.59. The Morgan fingerprint density at radius 3 is 2.76 bits per heavy atom. The van der Waals surface area contributed by atoms with Crippen molar-refractivity contribution < 1.29 is 28.5 Å². The van der Waals surface area contributed by atoms with Gasteiger partial charge in [-0.05, 0) is 49.8 Å². The van der Waals surface area contributed by atoms with Crippen molar-refractivity contribution in [1.29, 1.82) is 0 Å². The van der Waals surface area contributed by atoms with E-state index in [1.807, 2.05) is 32.0 Å². The van der Waals surface area contributed by atoms with Crippen LogP contribution in [0, 0.1) is 0 Å². The Morgan fingerprint density at radius 2 is 1.97 bits per heavy atom. The number of carbonyl (C=O) groups excluding carboxylic acids is 1. The number of amides is 1. The molecule has 1 amide bonds. The molecule has 29 heavy (non-hydrogen) atoms. The number of fused-ring (bicyclic) bond motifs is 1. The SMILES string of the molecule is COc1cc(C=CC(=O)NCCOc2ccc3c(c2)OCO3)ccc1OC(C)C. The zero-order valence-corrected chi connectivity index (χ0v) is 16.8. The Hall–Kier alpha value is -3.35. The van der Waals surface area contributed by atoms with Crippen LogP contribution < -0.4 is 29.0 Å². The van der Waals surface area contributed by atoms with Gasteiger partial charge in [0.15, 0.2) is 23.0 Å². The van der Waals surface area contributed by atoms with Gasteiger partial charge in [0.05, 0.1) is 19.8 Å². The van der Waals surface area contributed by atoms with E-state index < -0.39 is 0 Å². The third kappa shape index (κ3) is 5.81. The fourth-order valence-corrected chi connectivity index (χ4v) is 2.68. The summed E-state index contributed by atoms with van der Waals surface area (Å²) in [6, 6.07) is 10.9. The Morgan fingerprint density at radius 1 is 1.14 bits per heavy atom. The number of ether oxygens (including phenoxy) is 5. The highest BCUT2D eigenvalue weighted by molar-refractivity contribution is 5.91. The Kier molecular flexibility index (Phi) is 6.84. The normalized spacial score (nSPS) is 12.3.